The van der Waals surface area contributed by atoms with Crippen molar-refractivity contribution in [3.05, 3.63) is 58.9 Å². The second-order valence-electron chi connectivity index (χ2n) is 6.26. The van der Waals surface area contributed by atoms with Crippen LogP contribution in [-0.4, -0.2) is 41.0 Å². The van der Waals surface area contributed by atoms with Crippen molar-refractivity contribution >= 4 is 34.8 Å². The fraction of sp³-hybridized carbons (Fsp3) is 0.200. The second-order valence-corrected chi connectivity index (χ2v) is 6.69. The molecule has 1 aromatic heterocycles. The molecule has 10 heteroatoms. The van der Waals surface area contributed by atoms with E-state index in [9.17, 15) is 9.59 Å². The first-order valence-electron chi connectivity index (χ1n) is 8.90. The fourth-order valence-electron chi connectivity index (χ4n) is 2.69. The molecule has 0 aliphatic heterocycles. The van der Waals surface area contributed by atoms with E-state index in [-0.39, 0.29) is 18.1 Å². The van der Waals surface area contributed by atoms with Crippen molar-refractivity contribution in [1.29, 1.82) is 0 Å². The number of carbonyl (C=O) groups excluding carboxylic acids is 2. The summed E-state index contributed by atoms with van der Waals surface area (Å²) in [6, 6.07) is 11.8. The molecule has 30 heavy (non-hydrogen) atoms. The Hall–Kier alpha value is -3.59. The summed E-state index contributed by atoms with van der Waals surface area (Å²) in [7, 11) is 3.06. The number of amides is 2. The first kappa shape index (κ1) is 21.1. The third-order valence-electron chi connectivity index (χ3n) is 4.27. The Kier molecular flexibility index (Phi) is 6.53. The maximum Gasteiger partial charge on any atom is 0.278 e. The second kappa shape index (κ2) is 9.27. The van der Waals surface area contributed by atoms with Crippen LogP contribution >= 0.6 is 11.6 Å². The van der Waals surface area contributed by atoms with Crippen LogP contribution < -0.4 is 20.1 Å². The van der Waals surface area contributed by atoms with Crippen LogP contribution in [0.2, 0.25) is 5.02 Å². The predicted molar refractivity (Wildman–Crippen MR) is 112 cm³/mol. The molecule has 1 heterocycles. The number of nitrogens with zero attached hydrogens (tertiary/aromatic N) is 3. The smallest absolute Gasteiger partial charge is 0.278 e. The first-order valence-corrected chi connectivity index (χ1v) is 9.28. The quantitative estimate of drug-likeness (QED) is 0.597. The zero-order valence-electron chi connectivity index (χ0n) is 16.6. The van der Waals surface area contributed by atoms with Gasteiger partial charge in [0.1, 0.15) is 18.0 Å². The van der Waals surface area contributed by atoms with Crippen molar-refractivity contribution < 1.29 is 19.1 Å². The summed E-state index contributed by atoms with van der Waals surface area (Å²) in [5, 5.41) is 13.7. The van der Waals surface area contributed by atoms with E-state index >= 15 is 0 Å². The minimum Gasteiger partial charge on any atom is -0.497 e. The summed E-state index contributed by atoms with van der Waals surface area (Å²) in [6.45, 7) is 1.53. The van der Waals surface area contributed by atoms with Gasteiger partial charge in [-0.05, 0) is 49.4 Å². The normalized spacial score (nSPS) is 10.4. The Labute approximate surface area is 177 Å². The molecule has 9 nitrogen and oxygen atoms in total. The third kappa shape index (κ3) is 4.87. The maximum absolute atomic E-state index is 12.5. The Morgan fingerprint density at radius 3 is 2.47 bits per heavy atom. The highest BCUT2D eigenvalue weighted by molar-refractivity contribution is 6.31. The van der Waals surface area contributed by atoms with Gasteiger partial charge in [-0.15, -0.1) is 5.10 Å². The van der Waals surface area contributed by atoms with E-state index in [4.69, 9.17) is 21.1 Å². The molecule has 0 aliphatic rings. The van der Waals surface area contributed by atoms with Gasteiger partial charge in [-0.3, -0.25) is 9.59 Å². The molecule has 0 aliphatic carbocycles. The van der Waals surface area contributed by atoms with Crippen molar-refractivity contribution in [3.8, 4) is 11.5 Å². The van der Waals surface area contributed by atoms with Crippen LogP contribution in [-0.2, 0) is 11.3 Å². The summed E-state index contributed by atoms with van der Waals surface area (Å²) in [5.74, 6) is 0.353. The molecule has 0 saturated heterocycles. The molecular weight excluding hydrogens is 410 g/mol. The SMILES string of the molecule is COc1ccc(NC(=O)c2nnn(CC(=O)Nc3cc(Cl)ccc3OC)c2C)cc1. The topological polar surface area (TPSA) is 107 Å². The van der Waals surface area contributed by atoms with E-state index in [1.165, 1.54) is 11.8 Å². The van der Waals surface area contributed by atoms with Gasteiger partial charge in [0.2, 0.25) is 5.91 Å². The fourth-order valence-corrected chi connectivity index (χ4v) is 2.86. The Morgan fingerprint density at radius 1 is 1.07 bits per heavy atom. The van der Waals surface area contributed by atoms with Gasteiger partial charge >= 0.3 is 0 Å². The number of carbonyl (C=O) groups is 2. The van der Waals surface area contributed by atoms with Crippen molar-refractivity contribution in [1.82, 2.24) is 15.0 Å². The van der Waals surface area contributed by atoms with Crippen LogP contribution in [0.25, 0.3) is 0 Å². The van der Waals surface area contributed by atoms with Gasteiger partial charge in [0.25, 0.3) is 5.91 Å². The summed E-state index contributed by atoms with van der Waals surface area (Å²) >= 11 is 5.98. The van der Waals surface area contributed by atoms with Crippen LogP contribution in [0, 0.1) is 6.92 Å². The predicted octanol–water partition coefficient (Wildman–Crippen LogP) is 3.15. The molecule has 0 atom stereocenters. The summed E-state index contributed by atoms with van der Waals surface area (Å²) in [6.07, 6.45) is 0. The van der Waals surface area contributed by atoms with Gasteiger partial charge in [0.05, 0.1) is 25.6 Å². The van der Waals surface area contributed by atoms with Crippen molar-refractivity contribution in [2.45, 2.75) is 13.5 Å². The lowest BCUT2D eigenvalue weighted by molar-refractivity contribution is -0.117. The van der Waals surface area contributed by atoms with E-state index in [1.807, 2.05) is 0 Å². The molecule has 3 aromatic rings. The molecule has 0 unspecified atom stereocenters. The number of methoxy groups -OCH3 is 2. The minimum absolute atomic E-state index is 0.124. The average Bonchev–Trinajstić information content (AvgIpc) is 3.09. The van der Waals surface area contributed by atoms with E-state index in [0.717, 1.165) is 0 Å². The highest BCUT2D eigenvalue weighted by Gasteiger charge is 2.19. The molecule has 156 valence electrons. The van der Waals surface area contributed by atoms with E-state index in [2.05, 4.69) is 20.9 Å². The number of aromatic nitrogens is 3. The molecule has 2 aromatic carbocycles. The van der Waals surface area contributed by atoms with E-state index in [1.54, 1.807) is 56.5 Å². The highest BCUT2D eigenvalue weighted by atomic mass is 35.5. The van der Waals surface area contributed by atoms with Crippen molar-refractivity contribution in [2.24, 2.45) is 0 Å². The standard InChI is InChI=1S/C20H20ClN5O4/c1-12-19(20(28)22-14-5-7-15(29-2)8-6-14)24-25-26(12)11-18(27)23-16-10-13(21)4-9-17(16)30-3/h4-10H,11H2,1-3H3,(H,22,28)(H,23,27). The lowest BCUT2D eigenvalue weighted by Gasteiger charge is -2.11. The number of ether oxygens (including phenoxy) is 2. The summed E-state index contributed by atoms with van der Waals surface area (Å²) < 4.78 is 11.6. The molecule has 3 rings (SSSR count). The van der Waals surface area contributed by atoms with Crippen LogP contribution in [0.1, 0.15) is 16.2 Å². The molecule has 0 bridgehead atoms. The zero-order chi connectivity index (χ0) is 21.7. The molecular formula is C20H20ClN5O4. The minimum atomic E-state index is -0.430. The third-order valence-corrected chi connectivity index (χ3v) is 4.51. The number of halogens is 1. The summed E-state index contributed by atoms with van der Waals surface area (Å²) in [4.78, 5) is 24.9. The number of hydrogen-bond acceptors (Lipinski definition) is 6. The van der Waals surface area contributed by atoms with Crippen LogP contribution in [0.3, 0.4) is 0 Å². The van der Waals surface area contributed by atoms with E-state index < -0.39 is 5.91 Å². The molecule has 0 spiro atoms. The number of nitrogens with one attached hydrogen (secondary N) is 2. The number of anilines is 2. The zero-order valence-corrected chi connectivity index (χ0v) is 17.4. The maximum atomic E-state index is 12.5. The van der Waals surface area contributed by atoms with Crippen LogP contribution in [0.5, 0.6) is 11.5 Å². The lowest BCUT2D eigenvalue weighted by Crippen LogP contribution is -2.21. The van der Waals surface area contributed by atoms with Gasteiger partial charge in [0, 0.05) is 10.7 Å². The van der Waals surface area contributed by atoms with Crippen molar-refractivity contribution in [3.63, 3.8) is 0 Å². The molecule has 2 amide bonds. The average molecular weight is 430 g/mol. The van der Waals surface area contributed by atoms with Gasteiger partial charge in [-0.2, -0.15) is 0 Å². The Balaban J connectivity index is 1.68. The lowest BCUT2D eigenvalue weighted by atomic mass is 10.2. The molecule has 2 N–H and O–H groups in total. The Morgan fingerprint density at radius 2 is 1.80 bits per heavy atom. The molecule has 0 fully saturated rings. The monoisotopic (exact) mass is 429 g/mol. The van der Waals surface area contributed by atoms with E-state index in [0.29, 0.717) is 33.6 Å². The largest absolute Gasteiger partial charge is 0.497 e. The molecule has 0 saturated carbocycles. The Bertz CT molecular complexity index is 1070. The first-order chi connectivity index (χ1) is 14.4. The van der Waals surface area contributed by atoms with Crippen LogP contribution in [0.4, 0.5) is 11.4 Å². The number of rotatable bonds is 7. The number of benzene rings is 2. The van der Waals surface area contributed by atoms with Gasteiger partial charge in [-0.1, -0.05) is 16.8 Å². The highest BCUT2D eigenvalue weighted by Crippen LogP contribution is 2.27. The van der Waals surface area contributed by atoms with Crippen LogP contribution in [0.15, 0.2) is 42.5 Å². The molecule has 0 radical (unpaired) electrons. The summed E-state index contributed by atoms with van der Waals surface area (Å²) in [5.41, 5.74) is 1.60. The number of hydrogen-bond donors (Lipinski definition) is 2. The van der Waals surface area contributed by atoms with Gasteiger partial charge in [0.15, 0.2) is 5.69 Å². The van der Waals surface area contributed by atoms with Gasteiger partial charge < -0.3 is 20.1 Å². The van der Waals surface area contributed by atoms with Gasteiger partial charge in [-0.25, -0.2) is 4.68 Å². The van der Waals surface area contributed by atoms with Crippen molar-refractivity contribution in [2.75, 3.05) is 24.9 Å².